The summed E-state index contributed by atoms with van der Waals surface area (Å²) < 4.78 is 7.42. The van der Waals surface area contributed by atoms with E-state index in [0.29, 0.717) is 12.1 Å². The number of anilines is 1. The largest absolute Gasteiger partial charge is 0.445 e. The van der Waals surface area contributed by atoms with Crippen molar-refractivity contribution in [1.29, 1.82) is 0 Å². The molecule has 2 aliphatic heterocycles. The second-order valence-electron chi connectivity index (χ2n) is 7.03. The number of rotatable bonds is 5. The van der Waals surface area contributed by atoms with Crippen molar-refractivity contribution in [3.05, 3.63) is 52.2 Å². The van der Waals surface area contributed by atoms with Gasteiger partial charge in [-0.3, -0.25) is 10.1 Å². The smallest absolute Gasteiger partial charge is 0.410 e. The van der Waals surface area contributed by atoms with Gasteiger partial charge in [-0.25, -0.2) is 9.48 Å². The van der Waals surface area contributed by atoms with Crippen molar-refractivity contribution in [2.24, 2.45) is 0 Å². The van der Waals surface area contributed by atoms with Crippen LogP contribution in [0.25, 0.3) is 0 Å². The highest BCUT2D eigenvalue weighted by Gasteiger charge is 2.37. The molecule has 0 bridgehead atoms. The molecule has 0 radical (unpaired) electrons. The van der Waals surface area contributed by atoms with E-state index in [1.165, 1.54) is 12.1 Å². The molecule has 2 atom stereocenters. The minimum absolute atomic E-state index is 0.0115. The Hall–Kier alpha value is -2.75. The van der Waals surface area contributed by atoms with Gasteiger partial charge in [-0.2, -0.15) is 17.7 Å². The quantitative estimate of drug-likeness (QED) is 0.468. The number of carbonyl (C=O) groups is 1. The van der Waals surface area contributed by atoms with Crippen LogP contribution in [-0.4, -0.2) is 56.6 Å². The van der Waals surface area contributed by atoms with E-state index >= 15 is 0 Å². The number of benzene rings is 1. The van der Waals surface area contributed by atoms with Gasteiger partial charge in [-0.05, 0) is 24.1 Å². The molecule has 1 aromatic heterocycles. The van der Waals surface area contributed by atoms with Gasteiger partial charge in [0.1, 0.15) is 12.4 Å². The summed E-state index contributed by atoms with van der Waals surface area (Å²) in [6.45, 7) is 3.07. The fourth-order valence-electron chi connectivity index (χ4n) is 3.77. The molecule has 148 valence electrons. The first-order valence-corrected chi connectivity index (χ1v) is 9.64. The topological polar surface area (TPSA) is 93.7 Å². The number of fused-ring (bicyclic) bond motifs is 1. The van der Waals surface area contributed by atoms with Crippen molar-refractivity contribution >= 4 is 30.2 Å². The molecule has 2 aromatic rings. The van der Waals surface area contributed by atoms with E-state index in [1.807, 2.05) is 10.7 Å². The molecule has 28 heavy (non-hydrogen) atoms. The maximum Gasteiger partial charge on any atom is 0.410 e. The number of ether oxygens (including phenoxy) is 1. The maximum atomic E-state index is 12.6. The number of non-ortho nitro benzene ring substituents is 1. The lowest BCUT2D eigenvalue weighted by molar-refractivity contribution is -0.384. The van der Waals surface area contributed by atoms with Crippen molar-refractivity contribution in [2.45, 2.75) is 30.9 Å². The summed E-state index contributed by atoms with van der Waals surface area (Å²) in [5.74, 6) is 1.07. The van der Waals surface area contributed by atoms with E-state index in [4.69, 9.17) is 4.74 Å². The zero-order valence-corrected chi connectivity index (χ0v) is 16.1. The molecule has 4 rings (SSSR count). The molecule has 1 fully saturated rings. The summed E-state index contributed by atoms with van der Waals surface area (Å²) >= 11 is 4.56. The number of nitro groups is 1. The fraction of sp³-hybridized carbons (Fsp3) is 0.444. The summed E-state index contributed by atoms with van der Waals surface area (Å²) in [5, 5.41) is 15.1. The monoisotopic (exact) mass is 403 g/mol. The van der Waals surface area contributed by atoms with Gasteiger partial charge in [0, 0.05) is 43.1 Å². The number of nitro benzene ring substituents is 1. The lowest BCUT2D eigenvalue weighted by Crippen LogP contribution is -2.43. The highest BCUT2D eigenvalue weighted by Crippen LogP contribution is 2.27. The van der Waals surface area contributed by atoms with E-state index < -0.39 is 4.92 Å². The zero-order valence-electron chi connectivity index (χ0n) is 15.2. The van der Waals surface area contributed by atoms with E-state index in [1.54, 1.807) is 23.2 Å². The molecule has 0 saturated carbocycles. The predicted octanol–water partition coefficient (Wildman–Crippen LogP) is 2.32. The van der Waals surface area contributed by atoms with Gasteiger partial charge in [0.15, 0.2) is 0 Å². The minimum Gasteiger partial charge on any atom is -0.445 e. The molecular weight excluding hydrogens is 382 g/mol. The molecule has 0 unspecified atom stereocenters. The molecule has 1 amide bonds. The zero-order chi connectivity index (χ0) is 19.7. The molecule has 10 heteroatoms. The molecule has 9 nitrogen and oxygen atoms in total. The Morgan fingerprint density at radius 3 is 2.82 bits per heavy atom. The van der Waals surface area contributed by atoms with Crippen molar-refractivity contribution < 1.29 is 14.5 Å². The molecule has 3 heterocycles. The van der Waals surface area contributed by atoms with Crippen molar-refractivity contribution in [3.8, 4) is 0 Å². The molecule has 0 spiro atoms. The number of likely N-dealkylation sites (tertiary alicyclic amines) is 1. The van der Waals surface area contributed by atoms with Crippen LogP contribution in [0.2, 0.25) is 0 Å². The molecule has 1 saturated heterocycles. The lowest BCUT2D eigenvalue weighted by atomic mass is 10.2. The number of thiol groups is 1. The normalized spacial score (nSPS) is 21.0. The minimum atomic E-state index is -0.457. The first-order valence-electron chi connectivity index (χ1n) is 9.13. The highest BCUT2D eigenvalue weighted by atomic mass is 32.1. The summed E-state index contributed by atoms with van der Waals surface area (Å²) in [6, 6.07) is 8.01. The van der Waals surface area contributed by atoms with Gasteiger partial charge in [0.2, 0.25) is 0 Å². The van der Waals surface area contributed by atoms with Crippen LogP contribution in [0.5, 0.6) is 0 Å². The molecule has 1 aromatic carbocycles. The number of hydrogen-bond acceptors (Lipinski definition) is 7. The Morgan fingerprint density at radius 1 is 1.29 bits per heavy atom. The van der Waals surface area contributed by atoms with Crippen LogP contribution in [0, 0.1) is 10.1 Å². The maximum absolute atomic E-state index is 12.6. The van der Waals surface area contributed by atoms with Crippen LogP contribution in [-0.2, 0) is 17.9 Å². The van der Waals surface area contributed by atoms with E-state index in [2.05, 4.69) is 22.6 Å². The van der Waals surface area contributed by atoms with E-state index in [9.17, 15) is 14.9 Å². The third-order valence-electron chi connectivity index (χ3n) is 5.17. The standard InChI is InChI=1S/C18H21N5O4S/c24-18(27-12-13-1-3-14(4-2-13)23(25)26)21-11-16(28)9-15(21)10-20-7-8-22-17(20)5-6-19-22/h1-6,15-16,28H,7-12H2/t15-,16-/m0/s1. The Labute approximate surface area is 167 Å². The Kier molecular flexibility index (Phi) is 5.12. The van der Waals surface area contributed by atoms with Crippen LogP contribution in [0.15, 0.2) is 36.5 Å². The number of aromatic nitrogens is 2. The molecule has 0 N–H and O–H groups in total. The lowest BCUT2D eigenvalue weighted by Gasteiger charge is -2.28. The van der Waals surface area contributed by atoms with Crippen LogP contribution in [0.1, 0.15) is 12.0 Å². The van der Waals surface area contributed by atoms with Crippen LogP contribution < -0.4 is 4.90 Å². The van der Waals surface area contributed by atoms with Gasteiger partial charge >= 0.3 is 6.09 Å². The van der Waals surface area contributed by atoms with Crippen molar-refractivity contribution in [1.82, 2.24) is 14.7 Å². The number of carbonyl (C=O) groups excluding carboxylic acids is 1. The summed E-state index contributed by atoms with van der Waals surface area (Å²) in [7, 11) is 0. The van der Waals surface area contributed by atoms with Crippen LogP contribution in [0.4, 0.5) is 16.3 Å². The average Bonchev–Trinajstić information content (AvgIpc) is 3.37. The third kappa shape index (κ3) is 3.77. The predicted molar refractivity (Wildman–Crippen MR) is 106 cm³/mol. The highest BCUT2D eigenvalue weighted by molar-refractivity contribution is 7.81. The van der Waals surface area contributed by atoms with Crippen molar-refractivity contribution in [2.75, 3.05) is 24.5 Å². The van der Waals surface area contributed by atoms with Gasteiger partial charge < -0.3 is 14.5 Å². The Bertz CT molecular complexity index is 871. The van der Waals surface area contributed by atoms with Crippen LogP contribution >= 0.6 is 12.6 Å². The van der Waals surface area contributed by atoms with Crippen molar-refractivity contribution in [3.63, 3.8) is 0 Å². The second-order valence-corrected chi connectivity index (χ2v) is 7.76. The Morgan fingerprint density at radius 2 is 2.07 bits per heavy atom. The average molecular weight is 403 g/mol. The first kappa shape index (κ1) is 18.6. The third-order valence-corrected chi connectivity index (χ3v) is 5.54. The fourth-order valence-corrected chi connectivity index (χ4v) is 4.19. The van der Waals surface area contributed by atoms with Gasteiger partial charge in [0.05, 0.1) is 23.7 Å². The number of hydrogen-bond donors (Lipinski definition) is 1. The summed E-state index contributed by atoms with van der Waals surface area (Å²) in [6.07, 6.45) is 2.21. The summed E-state index contributed by atoms with van der Waals surface area (Å²) in [5.41, 5.74) is 0.720. The molecule has 0 aliphatic carbocycles. The van der Waals surface area contributed by atoms with Crippen LogP contribution in [0.3, 0.4) is 0 Å². The molecule has 2 aliphatic rings. The summed E-state index contributed by atoms with van der Waals surface area (Å²) in [4.78, 5) is 26.9. The number of amides is 1. The first-order chi connectivity index (χ1) is 13.5. The Balaban J connectivity index is 1.36. The van der Waals surface area contributed by atoms with Gasteiger partial charge in [0.25, 0.3) is 5.69 Å². The van der Waals surface area contributed by atoms with E-state index in [0.717, 1.165) is 31.9 Å². The van der Waals surface area contributed by atoms with E-state index in [-0.39, 0.29) is 29.7 Å². The SMILES string of the molecule is O=C(OCc1ccc([N+](=O)[O-])cc1)N1C[C@@H](S)C[C@H]1CN1CCn2nccc21. The number of nitrogens with zero attached hydrogens (tertiary/aromatic N) is 5. The molecular formula is C18H21N5O4S. The van der Waals surface area contributed by atoms with Gasteiger partial charge in [-0.15, -0.1) is 0 Å². The second kappa shape index (κ2) is 7.70. The van der Waals surface area contributed by atoms with Gasteiger partial charge in [-0.1, -0.05) is 0 Å².